The normalized spacial score (nSPS) is 18.9. The van der Waals surface area contributed by atoms with Crippen LogP contribution in [0.2, 0.25) is 0 Å². The van der Waals surface area contributed by atoms with E-state index in [9.17, 15) is 13.6 Å². The summed E-state index contributed by atoms with van der Waals surface area (Å²) in [6.45, 7) is 5.56. The summed E-state index contributed by atoms with van der Waals surface area (Å²) in [6, 6.07) is 6.31. The van der Waals surface area contributed by atoms with E-state index in [1.807, 2.05) is 0 Å². The summed E-state index contributed by atoms with van der Waals surface area (Å²) in [5.74, 6) is -2.94. The molecule has 0 saturated carbocycles. The van der Waals surface area contributed by atoms with E-state index >= 15 is 0 Å². The van der Waals surface area contributed by atoms with Gasteiger partial charge in [0.05, 0.1) is 0 Å². The van der Waals surface area contributed by atoms with E-state index in [0.717, 1.165) is 13.3 Å². The zero-order chi connectivity index (χ0) is 14.8. The van der Waals surface area contributed by atoms with Crippen molar-refractivity contribution in [3.8, 4) is 0 Å². The number of anilines is 1. The lowest BCUT2D eigenvalue weighted by molar-refractivity contribution is -0.125. The third-order valence-electron chi connectivity index (χ3n) is 3.41. The molecule has 108 valence electrons. The molecule has 1 aromatic rings. The number of halogens is 2. The Hall–Kier alpha value is -1.91. The highest BCUT2D eigenvalue weighted by Gasteiger charge is 2.26. The molecule has 1 amide bonds. The van der Waals surface area contributed by atoms with Crippen LogP contribution in [0.5, 0.6) is 0 Å². The maximum Gasteiger partial charge on any atom is 0.270 e. The number of carbonyl (C=O) groups is 1. The molecule has 3 nitrogen and oxygen atoms in total. The van der Waals surface area contributed by atoms with Crippen LogP contribution in [0.15, 0.2) is 36.9 Å². The zero-order valence-corrected chi connectivity index (χ0v) is 11.4. The van der Waals surface area contributed by atoms with Gasteiger partial charge >= 0.3 is 0 Å². The third-order valence-corrected chi connectivity index (χ3v) is 3.41. The molecule has 1 aromatic carbocycles. The summed E-state index contributed by atoms with van der Waals surface area (Å²) in [4.78, 5) is 13.2. The summed E-state index contributed by atoms with van der Waals surface area (Å²) in [5, 5.41) is 3.20. The molecule has 5 heteroatoms. The van der Waals surface area contributed by atoms with Crippen LogP contribution in [0.25, 0.3) is 0 Å². The van der Waals surface area contributed by atoms with Crippen LogP contribution in [-0.4, -0.2) is 29.9 Å². The smallest absolute Gasteiger partial charge is 0.270 e. The first-order valence-electron chi connectivity index (χ1n) is 6.56. The Labute approximate surface area is 117 Å². The van der Waals surface area contributed by atoms with E-state index in [2.05, 4.69) is 11.9 Å². The second-order valence-corrected chi connectivity index (χ2v) is 5.09. The van der Waals surface area contributed by atoms with Gasteiger partial charge in [-0.1, -0.05) is 18.7 Å². The summed E-state index contributed by atoms with van der Waals surface area (Å²) >= 11 is 0. The molecule has 1 heterocycles. The monoisotopic (exact) mass is 280 g/mol. The molecule has 1 fully saturated rings. The fourth-order valence-electron chi connectivity index (χ4n) is 2.33. The van der Waals surface area contributed by atoms with Crippen LogP contribution in [0.4, 0.5) is 14.5 Å². The van der Waals surface area contributed by atoms with Crippen molar-refractivity contribution in [2.75, 3.05) is 18.4 Å². The predicted molar refractivity (Wildman–Crippen MR) is 74.8 cm³/mol. The lowest BCUT2D eigenvalue weighted by Gasteiger charge is -2.18. The SMILES string of the molecule is C=CC(=O)N1CCC(Nc2cccc(C(C)(F)F)c2)C1. The highest BCUT2D eigenvalue weighted by molar-refractivity contribution is 5.87. The van der Waals surface area contributed by atoms with Crippen LogP contribution in [0.3, 0.4) is 0 Å². The highest BCUT2D eigenvalue weighted by Crippen LogP contribution is 2.29. The van der Waals surface area contributed by atoms with E-state index in [1.165, 1.54) is 18.2 Å². The summed E-state index contributed by atoms with van der Waals surface area (Å²) < 4.78 is 26.5. The standard InChI is InChI=1S/C15H18F2N2O/c1-3-14(20)19-8-7-13(10-19)18-12-6-4-5-11(9-12)15(2,16)17/h3-6,9,13,18H,1,7-8,10H2,2H3. The Bertz CT molecular complexity index is 511. The first-order valence-corrected chi connectivity index (χ1v) is 6.56. The number of hydrogen-bond acceptors (Lipinski definition) is 2. The Balaban J connectivity index is 2.01. The summed E-state index contributed by atoms with van der Waals surface area (Å²) in [5.41, 5.74) is 0.640. The minimum atomic E-state index is -2.85. The maximum absolute atomic E-state index is 13.3. The van der Waals surface area contributed by atoms with E-state index < -0.39 is 5.92 Å². The number of amides is 1. The molecular weight excluding hydrogens is 262 g/mol. The average Bonchev–Trinajstić information content (AvgIpc) is 2.85. The van der Waals surface area contributed by atoms with Crippen LogP contribution in [0.1, 0.15) is 18.9 Å². The number of nitrogens with one attached hydrogen (secondary N) is 1. The Morgan fingerprint density at radius 1 is 1.55 bits per heavy atom. The number of rotatable bonds is 4. The Kier molecular flexibility index (Phi) is 4.06. The molecule has 0 spiro atoms. The molecule has 1 aliphatic heterocycles. The summed E-state index contributed by atoms with van der Waals surface area (Å²) in [7, 11) is 0. The van der Waals surface area contributed by atoms with Crippen molar-refractivity contribution in [3.63, 3.8) is 0 Å². The number of carbonyl (C=O) groups excluding carboxylic acids is 1. The molecular formula is C15H18F2N2O. The van der Waals surface area contributed by atoms with E-state index in [4.69, 9.17) is 0 Å². The van der Waals surface area contributed by atoms with Crippen LogP contribution in [-0.2, 0) is 10.7 Å². The first kappa shape index (κ1) is 14.5. The maximum atomic E-state index is 13.3. The predicted octanol–water partition coefficient (Wildman–Crippen LogP) is 3.00. The molecule has 1 atom stereocenters. The second-order valence-electron chi connectivity index (χ2n) is 5.09. The van der Waals surface area contributed by atoms with Gasteiger partial charge in [0.2, 0.25) is 5.91 Å². The molecule has 0 bridgehead atoms. The van der Waals surface area contributed by atoms with Gasteiger partial charge in [0.15, 0.2) is 0 Å². The Morgan fingerprint density at radius 3 is 2.95 bits per heavy atom. The second kappa shape index (κ2) is 5.61. The van der Waals surface area contributed by atoms with Gasteiger partial charge < -0.3 is 10.2 Å². The zero-order valence-electron chi connectivity index (χ0n) is 11.4. The molecule has 1 unspecified atom stereocenters. The summed E-state index contributed by atoms with van der Waals surface area (Å²) in [6.07, 6.45) is 2.09. The van der Waals surface area contributed by atoms with Crippen LogP contribution in [0, 0.1) is 0 Å². The first-order chi connectivity index (χ1) is 9.40. The number of hydrogen-bond donors (Lipinski definition) is 1. The van der Waals surface area contributed by atoms with Crippen molar-refractivity contribution in [1.82, 2.24) is 4.90 Å². The van der Waals surface area contributed by atoms with Gasteiger partial charge in [-0.15, -0.1) is 0 Å². The van der Waals surface area contributed by atoms with Crippen molar-refractivity contribution in [3.05, 3.63) is 42.5 Å². The average molecular weight is 280 g/mol. The lowest BCUT2D eigenvalue weighted by atomic mass is 10.1. The van der Waals surface area contributed by atoms with Crippen molar-refractivity contribution in [1.29, 1.82) is 0 Å². The van der Waals surface area contributed by atoms with Gasteiger partial charge in [0, 0.05) is 37.3 Å². The molecule has 0 aromatic heterocycles. The van der Waals surface area contributed by atoms with Crippen LogP contribution >= 0.6 is 0 Å². The molecule has 1 aliphatic rings. The van der Waals surface area contributed by atoms with Gasteiger partial charge in [0.25, 0.3) is 5.92 Å². The minimum Gasteiger partial charge on any atom is -0.380 e. The van der Waals surface area contributed by atoms with Crippen molar-refractivity contribution >= 4 is 11.6 Å². The van der Waals surface area contributed by atoms with Crippen molar-refractivity contribution < 1.29 is 13.6 Å². The van der Waals surface area contributed by atoms with Gasteiger partial charge in [-0.25, -0.2) is 8.78 Å². The van der Waals surface area contributed by atoms with Crippen LogP contribution < -0.4 is 5.32 Å². The van der Waals surface area contributed by atoms with Gasteiger partial charge in [-0.2, -0.15) is 0 Å². The number of likely N-dealkylation sites (tertiary alicyclic amines) is 1. The van der Waals surface area contributed by atoms with Gasteiger partial charge in [-0.3, -0.25) is 4.79 Å². The topological polar surface area (TPSA) is 32.3 Å². The fourth-order valence-corrected chi connectivity index (χ4v) is 2.33. The third kappa shape index (κ3) is 3.35. The van der Waals surface area contributed by atoms with Gasteiger partial charge in [-0.05, 0) is 24.6 Å². The van der Waals surface area contributed by atoms with E-state index in [1.54, 1.807) is 17.0 Å². The quantitative estimate of drug-likeness (QED) is 0.860. The molecule has 2 rings (SSSR count). The largest absolute Gasteiger partial charge is 0.380 e. The number of alkyl halides is 2. The highest BCUT2D eigenvalue weighted by atomic mass is 19.3. The number of benzene rings is 1. The molecule has 0 radical (unpaired) electrons. The number of nitrogens with zero attached hydrogens (tertiary/aromatic N) is 1. The molecule has 1 N–H and O–H groups in total. The molecule has 0 aliphatic carbocycles. The minimum absolute atomic E-state index is 0.0143. The lowest BCUT2D eigenvalue weighted by Crippen LogP contribution is -2.30. The van der Waals surface area contributed by atoms with E-state index in [-0.39, 0.29) is 17.5 Å². The van der Waals surface area contributed by atoms with Gasteiger partial charge in [0.1, 0.15) is 0 Å². The Morgan fingerprint density at radius 2 is 2.30 bits per heavy atom. The van der Waals surface area contributed by atoms with Crippen molar-refractivity contribution in [2.45, 2.75) is 25.3 Å². The molecule has 20 heavy (non-hydrogen) atoms. The van der Waals surface area contributed by atoms with E-state index in [0.29, 0.717) is 18.8 Å². The molecule has 1 saturated heterocycles. The fraction of sp³-hybridized carbons (Fsp3) is 0.400. The van der Waals surface area contributed by atoms with Crippen molar-refractivity contribution in [2.24, 2.45) is 0 Å².